The van der Waals surface area contributed by atoms with Crippen LogP contribution in [0.25, 0.3) is 0 Å². The van der Waals surface area contributed by atoms with Gasteiger partial charge in [-0.2, -0.15) is 0 Å². The van der Waals surface area contributed by atoms with Gasteiger partial charge in [0.15, 0.2) is 0 Å². The number of aliphatic hydroxyl groups excluding tert-OH is 1. The summed E-state index contributed by atoms with van der Waals surface area (Å²) in [6.07, 6.45) is 7.36. The predicted octanol–water partition coefficient (Wildman–Crippen LogP) is 1.12. The number of esters is 3. The Morgan fingerprint density at radius 1 is 1.32 bits per heavy atom. The van der Waals surface area contributed by atoms with Gasteiger partial charge in [0.25, 0.3) is 0 Å². The fourth-order valence-electron chi connectivity index (χ4n) is 2.40. The van der Waals surface area contributed by atoms with Crippen molar-refractivity contribution in [1.82, 2.24) is 4.90 Å². The molecule has 0 aromatic rings. The summed E-state index contributed by atoms with van der Waals surface area (Å²) >= 11 is 0. The lowest BCUT2D eigenvalue weighted by Gasteiger charge is -2.31. The highest BCUT2D eigenvalue weighted by atomic mass is 16.6. The lowest BCUT2D eigenvalue weighted by Crippen LogP contribution is -2.37. The van der Waals surface area contributed by atoms with Gasteiger partial charge in [-0.15, -0.1) is 0 Å². The van der Waals surface area contributed by atoms with Crippen LogP contribution in [-0.2, 0) is 28.6 Å². The number of carbonyl (C=O) groups is 3. The van der Waals surface area contributed by atoms with Gasteiger partial charge in [0.2, 0.25) is 0 Å². The van der Waals surface area contributed by atoms with Crippen molar-refractivity contribution < 1.29 is 33.7 Å². The van der Waals surface area contributed by atoms with Gasteiger partial charge in [-0.1, -0.05) is 12.2 Å². The Labute approximate surface area is 144 Å². The van der Waals surface area contributed by atoms with Gasteiger partial charge in [-0.25, -0.2) is 14.4 Å². The van der Waals surface area contributed by atoms with Gasteiger partial charge in [-0.3, -0.25) is 0 Å². The molecule has 2 heterocycles. The van der Waals surface area contributed by atoms with Crippen molar-refractivity contribution in [1.29, 1.82) is 0 Å². The molecule has 0 aromatic carbocycles. The molecule has 2 rings (SSSR count). The first-order valence-electron chi connectivity index (χ1n) is 7.77. The highest BCUT2D eigenvalue weighted by Gasteiger charge is 2.36. The zero-order chi connectivity index (χ0) is 18.4. The molecule has 0 saturated carbocycles. The number of rotatable bonds is 6. The minimum Gasteiger partial charge on any atom is -0.508 e. The molecule has 0 bridgehead atoms. The van der Waals surface area contributed by atoms with Crippen molar-refractivity contribution in [3.05, 3.63) is 47.5 Å². The zero-order valence-electron chi connectivity index (χ0n) is 13.9. The van der Waals surface area contributed by atoms with Crippen LogP contribution < -0.4 is 0 Å². The SMILES string of the molecule is CCOC(=O)/C=C(\C(=O)OCC)N1C=CC=CC1C1=C(O)COC1=O. The molecule has 1 N–H and O–H groups in total. The first kappa shape index (κ1) is 18.3. The summed E-state index contributed by atoms with van der Waals surface area (Å²) in [5, 5.41) is 9.94. The fourth-order valence-corrected chi connectivity index (χ4v) is 2.40. The first-order valence-corrected chi connectivity index (χ1v) is 7.77. The number of carbonyl (C=O) groups excluding carboxylic acids is 3. The van der Waals surface area contributed by atoms with Gasteiger partial charge < -0.3 is 24.2 Å². The molecular formula is C17H19NO7. The number of ether oxygens (including phenoxy) is 3. The van der Waals surface area contributed by atoms with E-state index in [2.05, 4.69) is 0 Å². The van der Waals surface area contributed by atoms with Crippen molar-refractivity contribution >= 4 is 17.9 Å². The van der Waals surface area contributed by atoms with Crippen LogP contribution in [0.4, 0.5) is 0 Å². The lowest BCUT2D eigenvalue weighted by molar-refractivity contribution is -0.142. The standard InChI is InChI=1S/C17H19NO7/c1-3-23-14(20)9-12(16(21)24-4-2)18-8-6-5-7-11(18)15-13(19)10-25-17(15)22/h5-9,11,19H,3-4,10H2,1-2H3/b12-9+. The van der Waals surface area contributed by atoms with Gasteiger partial charge in [0.1, 0.15) is 23.6 Å². The molecule has 1 unspecified atom stereocenters. The van der Waals surface area contributed by atoms with Crippen LogP contribution in [0.2, 0.25) is 0 Å². The minimum atomic E-state index is -0.815. The Balaban J connectivity index is 2.43. The summed E-state index contributed by atoms with van der Waals surface area (Å²) in [7, 11) is 0. The highest BCUT2D eigenvalue weighted by Crippen LogP contribution is 2.28. The largest absolute Gasteiger partial charge is 0.508 e. The molecule has 8 nitrogen and oxygen atoms in total. The summed E-state index contributed by atoms with van der Waals surface area (Å²) in [5.74, 6) is -2.39. The van der Waals surface area contributed by atoms with Crippen molar-refractivity contribution in [2.75, 3.05) is 19.8 Å². The number of hydrogen-bond donors (Lipinski definition) is 1. The Hall–Kier alpha value is -3.03. The second-order valence-corrected chi connectivity index (χ2v) is 5.02. The van der Waals surface area contributed by atoms with Crippen molar-refractivity contribution in [3.8, 4) is 0 Å². The van der Waals surface area contributed by atoms with E-state index in [1.807, 2.05) is 0 Å². The maximum Gasteiger partial charge on any atom is 0.355 e. The zero-order valence-corrected chi connectivity index (χ0v) is 13.9. The molecule has 2 aliphatic heterocycles. The van der Waals surface area contributed by atoms with Crippen molar-refractivity contribution in [2.24, 2.45) is 0 Å². The number of nitrogens with zero attached hydrogens (tertiary/aromatic N) is 1. The molecule has 1 atom stereocenters. The van der Waals surface area contributed by atoms with Crippen LogP contribution >= 0.6 is 0 Å². The Bertz CT molecular complexity index is 687. The summed E-state index contributed by atoms with van der Waals surface area (Å²) in [5.41, 5.74) is -0.120. The normalized spacial score (nSPS) is 19.9. The lowest BCUT2D eigenvalue weighted by atomic mass is 10.0. The number of aliphatic hydroxyl groups is 1. The van der Waals surface area contributed by atoms with E-state index in [-0.39, 0.29) is 36.8 Å². The quantitative estimate of drug-likeness (QED) is 0.432. The van der Waals surface area contributed by atoms with E-state index in [9.17, 15) is 19.5 Å². The molecule has 0 aliphatic carbocycles. The van der Waals surface area contributed by atoms with E-state index in [0.717, 1.165) is 6.08 Å². The fraction of sp³-hybridized carbons (Fsp3) is 0.353. The third kappa shape index (κ3) is 4.09. The molecule has 0 aromatic heterocycles. The number of allylic oxidation sites excluding steroid dienone is 2. The van der Waals surface area contributed by atoms with Crippen LogP contribution in [-0.4, -0.2) is 53.8 Å². The summed E-state index contributed by atoms with van der Waals surface area (Å²) in [6.45, 7) is 3.29. The second-order valence-electron chi connectivity index (χ2n) is 5.02. The average molecular weight is 349 g/mol. The average Bonchev–Trinajstić information content (AvgIpc) is 2.92. The monoisotopic (exact) mass is 349 g/mol. The van der Waals surface area contributed by atoms with E-state index in [1.54, 1.807) is 32.1 Å². The van der Waals surface area contributed by atoms with Gasteiger partial charge in [-0.05, 0) is 19.9 Å². The molecule has 2 aliphatic rings. The third-order valence-corrected chi connectivity index (χ3v) is 3.42. The van der Waals surface area contributed by atoms with E-state index in [0.29, 0.717) is 0 Å². The molecule has 134 valence electrons. The van der Waals surface area contributed by atoms with Crippen molar-refractivity contribution in [2.45, 2.75) is 19.9 Å². The minimum absolute atomic E-state index is 0.000317. The molecule has 0 amide bonds. The Morgan fingerprint density at radius 2 is 2.04 bits per heavy atom. The summed E-state index contributed by atoms with van der Waals surface area (Å²) in [6, 6.07) is -0.815. The second kappa shape index (κ2) is 8.18. The summed E-state index contributed by atoms with van der Waals surface area (Å²) < 4.78 is 14.7. The van der Waals surface area contributed by atoms with Crippen LogP contribution in [0.15, 0.2) is 47.5 Å². The smallest absolute Gasteiger partial charge is 0.355 e. The molecule has 0 fully saturated rings. The third-order valence-electron chi connectivity index (χ3n) is 3.42. The molecular weight excluding hydrogens is 330 g/mol. The van der Waals surface area contributed by atoms with E-state index >= 15 is 0 Å². The number of hydrogen-bond acceptors (Lipinski definition) is 8. The molecule has 0 radical (unpaired) electrons. The topological polar surface area (TPSA) is 102 Å². The van der Waals surface area contributed by atoms with E-state index in [4.69, 9.17) is 14.2 Å². The molecule has 0 saturated heterocycles. The van der Waals surface area contributed by atoms with Crippen LogP contribution in [0.1, 0.15) is 13.8 Å². The highest BCUT2D eigenvalue weighted by molar-refractivity contribution is 5.97. The maximum atomic E-state index is 12.3. The number of cyclic esters (lactones) is 1. The maximum absolute atomic E-state index is 12.3. The predicted molar refractivity (Wildman–Crippen MR) is 85.9 cm³/mol. The molecule has 25 heavy (non-hydrogen) atoms. The van der Waals surface area contributed by atoms with E-state index in [1.165, 1.54) is 11.1 Å². The van der Waals surface area contributed by atoms with Gasteiger partial charge >= 0.3 is 17.9 Å². The first-order chi connectivity index (χ1) is 12.0. The van der Waals surface area contributed by atoms with Gasteiger partial charge in [0, 0.05) is 6.20 Å². The van der Waals surface area contributed by atoms with Crippen LogP contribution in [0.5, 0.6) is 0 Å². The summed E-state index contributed by atoms with van der Waals surface area (Å²) in [4.78, 5) is 37.4. The van der Waals surface area contributed by atoms with Crippen molar-refractivity contribution in [3.63, 3.8) is 0 Å². The molecule has 0 spiro atoms. The molecule has 8 heteroatoms. The van der Waals surface area contributed by atoms with E-state index < -0.39 is 23.9 Å². The Morgan fingerprint density at radius 3 is 2.64 bits per heavy atom. The van der Waals surface area contributed by atoms with Crippen LogP contribution in [0.3, 0.4) is 0 Å². The van der Waals surface area contributed by atoms with Crippen LogP contribution in [0, 0.1) is 0 Å². The van der Waals surface area contributed by atoms with Gasteiger partial charge in [0.05, 0.1) is 25.3 Å². The Kier molecular flexibility index (Phi) is 5.99.